The molecule has 21 heavy (non-hydrogen) atoms. The number of aliphatic carboxylic acids is 1. The molecule has 6 heteroatoms. The molecular formula is C15H19BN2O3. The molecule has 1 aromatic carbocycles. The fraction of sp³-hybridized carbons (Fsp3) is 0.467. The van der Waals surface area contributed by atoms with E-state index in [1.165, 1.54) is 0 Å². The molecular weight excluding hydrogens is 267 g/mol. The third-order valence-corrected chi connectivity index (χ3v) is 3.82. The standard InChI is InChI=1S/C15H19BN2O3/c16-10-6-8-11(9-7-10)17-15(21)18-13-5-3-1-2-4-12(13)14(19)20/h6-9,12-13H,1-5H2,(H,19,20)(H2,17,18,21). The van der Waals surface area contributed by atoms with Crippen molar-refractivity contribution in [3.8, 4) is 0 Å². The Morgan fingerprint density at radius 3 is 2.43 bits per heavy atom. The second kappa shape index (κ2) is 7.15. The van der Waals surface area contributed by atoms with Crippen molar-refractivity contribution in [1.29, 1.82) is 0 Å². The Balaban J connectivity index is 1.96. The Bertz CT molecular complexity index is 504. The molecule has 2 atom stereocenters. The quantitative estimate of drug-likeness (QED) is 0.584. The van der Waals surface area contributed by atoms with Crippen LogP contribution < -0.4 is 16.1 Å². The van der Waals surface area contributed by atoms with Gasteiger partial charge in [-0.1, -0.05) is 36.9 Å². The first-order chi connectivity index (χ1) is 10.1. The van der Waals surface area contributed by atoms with Gasteiger partial charge in [0.1, 0.15) is 7.85 Å². The molecule has 0 bridgehead atoms. The Morgan fingerprint density at radius 2 is 1.76 bits per heavy atom. The number of carbonyl (C=O) groups is 2. The van der Waals surface area contributed by atoms with Gasteiger partial charge in [0.15, 0.2) is 0 Å². The van der Waals surface area contributed by atoms with Crippen molar-refractivity contribution in [3.05, 3.63) is 24.3 Å². The lowest BCUT2D eigenvalue weighted by molar-refractivity contribution is -0.142. The summed E-state index contributed by atoms with van der Waals surface area (Å²) in [7, 11) is 5.58. The van der Waals surface area contributed by atoms with Gasteiger partial charge in [-0.25, -0.2) is 4.79 Å². The maximum Gasteiger partial charge on any atom is 0.319 e. The van der Waals surface area contributed by atoms with Gasteiger partial charge >= 0.3 is 12.0 Å². The number of benzene rings is 1. The number of hydrogen-bond acceptors (Lipinski definition) is 2. The minimum atomic E-state index is -0.838. The monoisotopic (exact) mass is 286 g/mol. The van der Waals surface area contributed by atoms with Crippen LogP contribution in [0.15, 0.2) is 24.3 Å². The SMILES string of the molecule is [B]c1ccc(NC(=O)NC2CCCCCC2C(=O)O)cc1. The number of hydrogen-bond donors (Lipinski definition) is 3. The molecule has 2 unspecified atom stereocenters. The lowest BCUT2D eigenvalue weighted by atomic mass is 9.95. The molecule has 0 aromatic heterocycles. The predicted molar refractivity (Wildman–Crippen MR) is 82.0 cm³/mol. The van der Waals surface area contributed by atoms with E-state index in [-0.39, 0.29) is 12.1 Å². The van der Waals surface area contributed by atoms with E-state index in [0.29, 0.717) is 24.0 Å². The van der Waals surface area contributed by atoms with Crippen LogP contribution in [0.4, 0.5) is 10.5 Å². The summed E-state index contributed by atoms with van der Waals surface area (Å²) in [4.78, 5) is 23.3. The molecule has 5 nitrogen and oxygen atoms in total. The van der Waals surface area contributed by atoms with Gasteiger partial charge in [0.2, 0.25) is 0 Å². The van der Waals surface area contributed by atoms with Crippen molar-refractivity contribution in [2.45, 2.75) is 38.1 Å². The first kappa shape index (κ1) is 15.4. The first-order valence-electron chi connectivity index (χ1n) is 7.22. The van der Waals surface area contributed by atoms with Crippen molar-refractivity contribution >= 4 is 31.0 Å². The molecule has 0 aliphatic heterocycles. The third-order valence-electron chi connectivity index (χ3n) is 3.82. The summed E-state index contributed by atoms with van der Waals surface area (Å²) in [5, 5.41) is 14.8. The minimum Gasteiger partial charge on any atom is -0.481 e. The summed E-state index contributed by atoms with van der Waals surface area (Å²) >= 11 is 0. The Hall–Kier alpha value is -1.98. The molecule has 2 radical (unpaired) electrons. The van der Waals surface area contributed by atoms with Crippen LogP contribution in [0.1, 0.15) is 32.1 Å². The van der Waals surface area contributed by atoms with E-state index < -0.39 is 11.9 Å². The molecule has 3 N–H and O–H groups in total. The highest BCUT2D eigenvalue weighted by atomic mass is 16.4. The maximum absolute atomic E-state index is 12.0. The molecule has 0 spiro atoms. The molecule has 1 aliphatic carbocycles. The number of urea groups is 1. The molecule has 2 amide bonds. The summed E-state index contributed by atoms with van der Waals surface area (Å²) in [6.45, 7) is 0. The zero-order valence-corrected chi connectivity index (χ0v) is 11.8. The van der Waals surface area contributed by atoms with E-state index in [4.69, 9.17) is 7.85 Å². The normalized spacial score (nSPS) is 22.1. The fourth-order valence-electron chi connectivity index (χ4n) is 2.68. The largest absolute Gasteiger partial charge is 0.481 e. The molecule has 1 fully saturated rings. The second-order valence-electron chi connectivity index (χ2n) is 5.41. The summed E-state index contributed by atoms with van der Waals surface area (Å²) in [5.74, 6) is -1.35. The van der Waals surface area contributed by atoms with E-state index in [1.54, 1.807) is 24.3 Å². The van der Waals surface area contributed by atoms with Crippen LogP contribution in [0.2, 0.25) is 0 Å². The van der Waals surface area contributed by atoms with E-state index in [1.807, 2.05) is 0 Å². The fourth-order valence-corrected chi connectivity index (χ4v) is 2.68. The molecule has 2 rings (SSSR count). The topological polar surface area (TPSA) is 78.4 Å². The van der Waals surface area contributed by atoms with Crippen LogP contribution in [-0.4, -0.2) is 31.0 Å². The summed E-state index contributed by atoms with van der Waals surface area (Å²) in [5.41, 5.74) is 1.25. The molecule has 1 saturated carbocycles. The highest BCUT2D eigenvalue weighted by Crippen LogP contribution is 2.24. The number of amides is 2. The highest BCUT2D eigenvalue weighted by molar-refractivity contribution is 6.32. The van der Waals surface area contributed by atoms with Gasteiger partial charge in [-0.3, -0.25) is 4.79 Å². The number of carboxylic acid groups (broad SMARTS) is 1. The smallest absolute Gasteiger partial charge is 0.319 e. The van der Waals surface area contributed by atoms with Gasteiger partial charge in [-0.15, -0.1) is 0 Å². The van der Waals surface area contributed by atoms with E-state index in [2.05, 4.69) is 10.6 Å². The molecule has 0 saturated heterocycles. The van der Waals surface area contributed by atoms with Gasteiger partial charge in [0.25, 0.3) is 0 Å². The average Bonchev–Trinajstić information content (AvgIpc) is 2.67. The first-order valence-corrected chi connectivity index (χ1v) is 7.22. The summed E-state index contributed by atoms with van der Waals surface area (Å²) in [6, 6.07) is 6.10. The second-order valence-corrected chi connectivity index (χ2v) is 5.41. The van der Waals surface area contributed by atoms with Gasteiger partial charge in [-0.2, -0.15) is 0 Å². The molecule has 110 valence electrons. The van der Waals surface area contributed by atoms with Gasteiger partial charge < -0.3 is 15.7 Å². The average molecular weight is 286 g/mol. The van der Waals surface area contributed by atoms with E-state index in [0.717, 1.165) is 19.3 Å². The number of rotatable bonds is 3. The van der Waals surface area contributed by atoms with Crippen molar-refractivity contribution < 1.29 is 14.7 Å². The van der Waals surface area contributed by atoms with Crippen molar-refractivity contribution in [1.82, 2.24) is 5.32 Å². The number of carboxylic acids is 1. The minimum absolute atomic E-state index is 0.321. The van der Waals surface area contributed by atoms with Crippen LogP contribution in [0, 0.1) is 5.92 Å². The van der Waals surface area contributed by atoms with Crippen LogP contribution in [0.5, 0.6) is 0 Å². The highest BCUT2D eigenvalue weighted by Gasteiger charge is 2.30. The molecule has 0 heterocycles. The number of nitrogens with one attached hydrogen (secondary N) is 2. The lowest BCUT2D eigenvalue weighted by Gasteiger charge is -2.23. The van der Waals surface area contributed by atoms with Crippen LogP contribution in [-0.2, 0) is 4.79 Å². The van der Waals surface area contributed by atoms with Crippen LogP contribution in [0.3, 0.4) is 0 Å². The molecule has 1 aromatic rings. The van der Waals surface area contributed by atoms with Crippen LogP contribution >= 0.6 is 0 Å². The van der Waals surface area contributed by atoms with E-state index in [9.17, 15) is 14.7 Å². The lowest BCUT2D eigenvalue weighted by Crippen LogP contribution is -2.44. The van der Waals surface area contributed by atoms with Gasteiger partial charge in [-0.05, 0) is 25.0 Å². The van der Waals surface area contributed by atoms with Gasteiger partial charge in [0, 0.05) is 11.7 Å². The maximum atomic E-state index is 12.0. The van der Waals surface area contributed by atoms with Crippen molar-refractivity contribution in [2.75, 3.05) is 5.32 Å². The summed E-state index contributed by atoms with van der Waals surface area (Å²) < 4.78 is 0. The number of anilines is 1. The Labute approximate surface area is 125 Å². The third kappa shape index (κ3) is 4.51. The zero-order chi connectivity index (χ0) is 15.2. The Kier molecular flexibility index (Phi) is 5.25. The van der Waals surface area contributed by atoms with E-state index >= 15 is 0 Å². The van der Waals surface area contributed by atoms with Crippen molar-refractivity contribution in [3.63, 3.8) is 0 Å². The predicted octanol–water partition coefficient (Wildman–Crippen LogP) is 1.64. The van der Waals surface area contributed by atoms with Gasteiger partial charge in [0.05, 0.1) is 5.92 Å². The van der Waals surface area contributed by atoms with Crippen molar-refractivity contribution in [2.24, 2.45) is 5.92 Å². The zero-order valence-electron chi connectivity index (χ0n) is 11.8. The Morgan fingerprint density at radius 1 is 1.10 bits per heavy atom. The van der Waals surface area contributed by atoms with Crippen LogP contribution in [0.25, 0.3) is 0 Å². The summed E-state index contributed by atoms with van der Waals surface area (Å²) in [6.07, 6.45) is 4.17. The number of carbonyl (C=O) groups excluding carboxylic acids is 1. The molecule has 1 aliphatic rings.